The summed E-state index contributed by atoms with van der Waals surface area (Å²) in [6.45, 7) is 1.97. The van der Waals surface area contributed by atoms with Crippen LogP contribution in [0.1, 0.15) is 43.0 Å². The van der Waals surface area contributed by atoms with E-state index in [9.17, 15) is 24.9 Å². The van der Waals surface area contributed by atoms with Crippen LogP contribution in [-0.2, 0) is 4.79 Å². The zero-order valence-corrected chi connectivity index (χ0v) is 11.8. The molecule has 1 aliphatic carbocycles. The highest BCUT2D eigenvalue weighted by Gasteiger charge is 2.43. The van der Waals surface area contributed by atoms with Crippen LogP contribution in [0.5, 0.6) is 11.5 Å². The number of nitrogens with one attached hydrogen (secondary N) is 1. The number of carboxylic acid groups (broad SMARTS) is 1. The number of phenols is 2. The minimum Gasteiger partial charge on any atom is -0.504 e. The highest BCUT2D eigenvalue weighted by atomic mass is 16.4. The van der Waals surface area contributed by atoms with Gasteiger partial charge in [0.25, 0.3) is 5.91 Å². The Balaban J connectivity index is 2.22. The predicted octanol–water partition coefficient (Wildman–Crippen LogP) is 1.86. The molecule has 0 radical (unpaired) electrons. The van der Waals surface area contributed by atoms with Crippen LogP contribution in [0, 0.1) is 5.92 Å². The number of aromatic hydroxyl groups is 2. The second-order valence-corrected chi connectivity index (χ2v) is 5.75. The predicted molar refractivity (Wildman–Crippen MR) is 75.2 cm³/mol. The quantitative estimate of drug-likeness (QED) is 0.636. The third-order valence-corrected chi connectivity index (χ3v) is 4.00. The summed E-state index contributed by atoms with van der Waals surface area (Å²) in [4.78, 5) is 23.8. The first-order chi connectivity index (χ1) is 9.84. The molecule has 0 saturated heterocycles. The van der Waals surface area contributed by atoms with Gasteiger partial charge in [-0.3, -0.25) is 4.79 Å². The summed E-state index contributed by atoms with van der Waals surface area (Å²) in [7, 11) is 0. The molecule has 1 aliphatic rings. The van der Waals surface area contributed by atoms with Crippen LogP contribution < -0.4 is 5.32 Å². The molecular weight excluding hydrogens is 274 g/mol. The van der Waals surface area contributed by atoms with E-state index in [1.807, 2.05) is 6.92 Å². The smallest absolute Gasteiger partial charge is 0.329 e. The largest absolute Gasteiger partial charge is 0.504 e. The summed E-state index contributed by atoms with van der Waals surface area (Å²) in [6.07, 6.45) is 2.47. The molecule has 1 aromatic rings. The molecule has 0 aliphatic heterocycles. The maximum atomic E-state index is 12.2. The van der Waals surface area contributed by atoms with Crippen molar-refractivity contribution in [3.63, 3.8) is 0 Å². The summed E-state index contributed by atoms with van der Waals surface area (Å²) >= 11 is 0. The Labute approximate surface area is 122 Å². The summed E-state index contributed by atoms with van der Waals surface area (Å²) in [6, 6.07) is 3.65. The summed E-state index contributed by atoms with van der Waals surface area (Å²) < 4.78 is 0. The van der Waals surface area contributed by atoms with Crippen LogP contribution >= 0.6 is 0 Å². The second kappa shape index (κ2) is 5.63. The van der Waals surface area contributed by atoms with Crippen molar-refractivity contribution in [3.8, 4) is 11.5 Å². The molecule has 0 aromatic heterocycles. The maximum Gasteiger partial charge on any atom is 0.329 e. The van der Waals surface area contributed by atoms with Gasteiger partial charge in [-0.2, -0.15) is 0 Å². The van der Waals surface area contributed by atoms with Crippen LogP contribution in [0.2, 0.25) is 0 Å². The zero-order valence-electron chi connectivity index (χ0n) is 11.8. The fraction of sp³-hybridized carbons (Fsp3) is 0.467. The molecule has 21 heavy (non-hydrogen) atoms. The van der Waals surface area contributed by atoms with Gasteiger partial charge in [0.2, 0.25) is 0 Å². The number of aliphatic carboxylic acids is 1. The number of phenolic OH excluding ortho intramolecular Hbond substituents is 2. The lowest BCUT2D eigenvalue weighted by Crippen LogP contribution is -2.56. The molecular formula is C15H19NO5. The fourth-order valence-electron chi connectivity index (χ4n) is 2.87. The molecule has 2 atom stereocenters. The van der Waals surface area contributed by atoms with Crippen molar-refractivity contribution in [1.29, 1.82) is 0 Å². The van der Waals surface area contributed by atoms with E-state index in [0.29, 0.717) is 12.8 Å². The topological polar surface area (TPSA) is 107 Å². The first-order valence-electron chi connectivity index (χ1n) is 6.92. The number of carbonyl (C=O) groups excluding carboxylic acids is 1. The van der Waals surface area contributed by atoms with Gasteiger partial charge in [-0.15, -0.1) is 0 Å². The van der Waals surface area contributed by atoms with Gasteiger partial charge in [0.15, 0.2) is 11.5 Å². The Morgan fingerprint density at radius 2 is 2.00 bits per heavy atom. The Morgan fingerprint density at radius 1 is 1.29 bits per heavy atom. The van der Waals surface area contributed by atoms with Crippen LogP contribution in [0.25, 0.3) is 0 Å². The molecule has 6 heteroatoms. The van der Waals surface area contributed by atoms with Crippen molar-refractivity contribution < 1.29 is 24.9 Å². The standard InChI is InChI=1S/C15H19NO5/c1-9-3-2-6-15(8-9,14(20)21)16-13(19)10-4-5-11(17)12(18)7-10/h4-5,7,9,17-18H,2-3,6,8H2,1H3,(H,16,19)(H,20,21). The van der Waals surface area contributed by atoms with Crippen molar-refractivity contribution >= 4 is 11.9 Å². The molecule has 2 unspecified atom stereocenters. The van der Waals surface area contributed by atoms with Crippen LogP contribution in [0.15, 0.2) is 18.2 Å². The molecule has 1 saturated carbocycles. The number of hydrogen-bond donors (Lipinski definition) is 4. The van der Waals surface area contributed by atoms with E-state index in [0.717, 1.165) is 18.9 Å². The molecule has 1 amide bonds. The Bertz CT molecular complexity index is 571. The lowest BCUT2D eigenvalue weighted by molar-refractivity contribution is -0.146. The Hall–Kier alpha value is -2.24. The van der Waals surface area contributed by atoms with Crippen LogP contribution in [-0.4, -0.2) is 32.7 Å². The number of carboxylic acids is 1. The van der Waals surface area contributed by atoms with Gasteiger partial charge >= 0.3 is 5.97 Å². The van der Waals surface area contributed by atoms with E-state index in [1.165, 1.54) is 12.1 Å². The second-order valence-electron chi connectivity index (χ2n) is 5.75. The lowest BCUT2D eigenvalue weighted by Gasteiger charge is -2.37. The third-order valence-electron chi connectivity index (χ3n) is 4.00. The average molecular weight is 293 g/mol. The molecule has 0 heterocycles. The monoisotopic (exact) mass is 293 g/mol. The lowest BCUT2D eigenvalue weighted by atomic mass is 9.76. The van der Waals surface area contributed by atoms with Gasteiger partial charge in [-0.25, -0.2) is 4.79 Å². The van der Waals surface area contributed by atoms with Gasteiger partial charge in [0.1, 0.15) is 5.54 Å². The number of rotatable bonds is 3. The molecule has 6 nitrogen and oxygen atoms in total. The number of hydrogen-bond acceptors (Lipinski definition) is 4. The van der Waals surface area contributed by atoms with E-state index in [-0.39, 0.29) is 17.2 Å². The van der Waals surface area contributed by atoms with E-state index in [4.69, 9.17) is 0 Å². The van der Waals surface area contributed by atoms with E-state index in [2.05, 4.69) is 5.32 Å². The van der Waals surface area contributed by atoms with Crippen molar-refractivity contribution in [1.82, 2.24) is 5.32 Å². The molecule has 0 spiro atoms. The Morgan fingerprint density at radius 3 is 2.57 bits per heavy atom. The van der Waals surface area contributed by atoms with Gasteiger partial charge in [-0.05, 0) is 37.0 Å². The fourth-order valence-corrected chi connectivity index (χ4v) is 2.87. The number of carbonyl (C=O) groups is 2. The molecule has 2 rings (SSSR count). The average Bonchev–Trinajstić information content (AvgIpc) is 2.41. The van der Waals surface area contributed by atoms with Gasteiger partial charge in [0.05, 0.1) is 0 Å². The molecule has 0 bridgehead atoms. The van der Waals surface area contributed by atoms with Crippen molar-refractivity contribution in [2.45, 2.75) is 38.1 Å². The highest BCUT2D eigenvalue weighted by molar-refractivity contribution is 5.98. The van der Waals surface area contributed by atoms with Crippen molar-refractivity contribution in [2.24, 2.45) is 5.92 Å². The van der Waals surface area contributed by atoms with E-state index >= 15 is 0 Å². The van der Waals surface area contributed by atoms with E-state index in [1.54, 1.807) is 0 Å². The van der Waals surface area contributed by atoms with Crippen LogP contribution in [0.3, 0.4) is 0 Å². The van der Waals surface area contributed by atoms with E-state index < -0.39 is 23.2 Å². The molecule has 1 fully saturated rings. The normalized spacial score (nSPS) is 25.3. The third kappa shape index (κ3) is 3.09. The first kappa shape index (κ1) is 15.2. The highest BCUT2D eigenvalue weighted by Crippen LogP contribution is 2.33. The van der Waals surface area contributed by atoms with Gasteiger partial charge in [0, 0.05) is 5.56 Å². The maximum absolute atomic E-state index is 12.2. The van der Waals surface area contributed by atoms with Gasteiger partial charge < -0.3 is 20.6 Å². The number of amides is 1. The summed E-state index contributed by atoms with van der Waals surface area (Å²) in [5.41, 5.74) is -1.15. The molecule has 1 aromatic carbocycles. The summed E-state index contributed by atoms with van der Waals surface area (Å²) in [5, 5.41) is 30.8. The Kier molecular flexibility index (Phi) is 4.06. The van der Waals surface area contributed by atoms with Crippen molar-refractivity contribution in [3.05, 3.63) is 23.8 Å². The minimum atomic E-state index is -1.26. The minimum absolute atomic E-state index is 0.115. The first-order valence-corrected chi connectivity index (χ1v) is 6.92. The van der Waals surface area contributed by atoms with Gasteiger partial charge in [-0.1, -0.05) is 19.8 Å². The van der Waals surface area contributed by atoms with Crippen LogP contribution in [0.4, 0.5) is 0 Å². The SMILES string of the molecule is CC1CCCC(NC(=O)c2ccc(O)c(O)c2)(C(=O)O)C1. The molecule has 114 valence electrons. The summed E-state index contributed by atoms with van der Waals surface area (Å²) in [5.74, 6) is -2.12. The molecule has 4 N–H and O–H groups in total. The zero-order chi connectivity index (χ0) is 15.6. The van der Waals surface area contributed by atoms with Crippen molar-refractivity contribution in [2.75, 3.05) is 0 Å². The number of benzene rings is 1.